The van der Waals surface area contributed by atoms with Crippen LogP contribution < -0.4 is 5.32 Å². The van der Waals surface area contributed by atoms with Crippen LogP contribution in [0.2, 0.25) is 0 Å². The smallest absolute Gasteiger partial charge is 0.245 e. The van der Waals surface area contributed by atoms with Gasteiger partial charge in [0.25, 0.3) is 0 Å². The lowest BCUT2D eigenvalue weighted by Gasteiger charge is -2.20. The molecule has 0 saturated carbocycles. The highest BCUT2D eigenvalue weighted by atomic mass is 16.5. The number of unbranched alkanes of at least 4 members (excludes halogenated alkanes) is 2. The molecule has 30 heavy (non-hydrogen) atoms. The van der Waals surface area contributed by atoms with E-state index in [1.165, 1.54) is 7.11 Å². The van der Waals surface area contributed by atoms with Gasteiger partial charge in [-0.3, -0.25) is 9.59 Å². The Kier molecular flexibility index (Phi) is 9.80. The van der Waals surface area contributed by atoms with E-state index in [4.69, 9.17) is 9.72 Å². The van der Waals surface area contributed by atoms with Crippen LogP contribution in [-0.4, -0.2) is 59.6 Å². The van der Waals surface area contributed by atoms with E-state index >= 15 is 0 Å². The van der Waals surface area contributed by atoms with Crippen molar-refractivity contribution < 1.29 is 14.3 Å². The number of ether oxygens (including phenoxy) is 1. The van der Waals surface area contributed by atoms with Gasteiger partial charge in [-0.1, -0.05) is 30.7 Å². The fraction of sp³-hybridized carbons (Fsp3) is 0.435. The molecule has 1 aromatic carbocycles. The lowest BCUT2D eigenvalue weighted by Crippen LogP contribution is -2.34. The van der Waals surface area contributed by atoms with Gasteiger partial charge in [-0.25, -0.2) is 4.98 Å². The molecule has 0 fully saturated rings. The van der Waals surface area contributed by atoms with Gasteiger partial charge in [0, 0.05) is 33.2 Å². The van der Waals surface area contributed by atoms with Crippen molar-refractivity contribution in [3.63, 3.8) is 0 Å². The lowest BCUT2D eigenvalue weighted by atomic mass is 10.2. The molecular formula is C23H32N4O3. The SMILES string of the molecule is C=CCN(CC=C)C(=O)Cn1c(CCCCCNC(=O)COC)nc2ccccc21. The zero-order valence-electron chi connectivity index (χ0n) is 17.8. The first-order valence-corrected chi connectivity index (χ1v) is 10.3. The summed E-state index contributed by atoms with van der Waals surface area (Å²) >= 11 is 0. The zero-order chi connectivity index (χ0) is 21.8. The summed E-state index contributed by atoms with van der Waals surface area (Å²) in [5.41, 5.74) is 1.86. The molecule has 0 saturated heterocycles. The Bertz CT molecular complexity index is 849. The number of aromatic nitrogens is 2. The molecule has 0 atom stereocenters. The third-order valence-electron chi connectivity index (χ3n) is 4.75. The highest BCUT2D eigenvalue weighted by Crippen LogP contribution is 2.18. The second kappa shape index (κ2) is 12.6. The number of hydrogen-bond acceptors (Lipinski definition) is 4. The number of rotatable bonds is 14. The molecule has 2 rings (SSSR count). The summed E-state index contributed by atoms with van der Waals surface area (Å²) in [6.07, 6.45) is 7.00. The van der Waals surface area contributed by atoms with Crippen LogP contribution in [0.5, 0.6) is 0 Å². The number of amides is 2. The van der Waals surface area contributed by atoms with Gasteiger partial charge in [-0.05, 0) is 25.0 Å². The van der Waals surface area contributed by atoms with Gasteiger partial charge >= 0.3 is 0 Å². The summed E-state index contributed by atoms with van der Waals surface area (Å²) < 4.78 is 6.81. The summed E-state index contributed by atoms with van der Waals surface area (Å²) in [6.45, 7) is 9.41. The van der Waals surface area contributed by atoms with Crippen LogP contribution in [-0.2, 0) is 27.3 Å². The van der Waals surface area contributed by atoms with Crippen LogP contribution in [0, 0.1) is 0 Å². The molecule has 0 unspecified atom stereocenters. The molecule has 0 aliphatic heterocycles. The van der Waals surface area contributed by atoms with Crippen molar-refractivity contribution in [3.8, 4) is 0 Å². The fourth-order valence-electron chi connectivity index (χ4n) is 3.31. The van der Waals surface area contributed by atoms with Gasteiger partial charge in [-0.15, -0.1) is 13.2 Å². The first-order valence-electron chi connectivity index (χ1n) is 10.3. The van der Waals surface area contributed by atoms with Crippen molar-refractivity contribution in [3.05, 3.63) is 55.4 Å². The van der Waals surface area contributed by atoms with E-state index in [2.05, 4.69) is 18.5 Å². The van der Waals surface area contributed by atoms with E-state index in [1.54, 1.807) is 17.1 Å². The molecule has 0 radical (unpaired) electrons. The number of nitrogens with one attached hydrogen (secondary N) is 1. The molecule has 0 spiro atoms. The number of hydrogen-bond donors (Lipinski definition) is 1. The van der Waals surface area contributed by atoms with Crippen LogP contribution in [0.25, 0.3) is 11.0 Å². The minimum atomic E-state index is -0.0959. The Morgan fingerprint density at radius 1 is 1.17 bits per heavy atom. The third kappa shape index (κ3) is 6.84. The van der Waals surface area contributed by atoms with Gasteiger partial charge in [0.1, 0.15) is 19.0 Å². The van der Waals surface area contributed by atoms with Crippen molar-refractivity contribution in [1.29, 1.82) is 0 Å². The largest absolute Gasteiger partial charge is 0.375 e. The van der Waals surface area contributed by atoms with E-state index in [-0.39, 0.29) is 25.0 Å². The molecule has 2 aromatic rings. The molecule has 7 heteroatoms. The molecule has 1 aromatic heterocycles. The maximum atomic E-state index is 12.8. The average molecular weight is 413 g/mol. The molecular weight excluding hydrogens is 380 g/mol. The zero-order valence-corrected chi connectivity index (χ0v) is 17.8. The molecule has 2 amide bonds. The summed E-state index contributed by atoms with van der Waals surface area (Å²) in [7, 11) is 1.50. The first-order chi connectivity index (χ1) is 14.6. The number of aryl methyl sites for hydroxylation is 1. The van der Waals surface area contributed by atoms with E-state index in [0.29, 0.717) is 19.6 Å². The van der Waals surface area contributed by atoms with Crippen LogP contribution in [0.4, 0.5) is 0 Å². The average Bonchev–Trinajstić information content (AvgIpc) is 3.08. The van der Waals surface area contributed by atoms with Crippen LogP contribution in [0.1, 0.15) is 25.1 Å². The molecule has 1 N–H and O–H groups in total. The molecule has 0 aliphatic rings. The topological polar surface area (TPSA) is 76.5 Å². The maximum Gasteiger partial charge on any atom is 0.245 e. The summed E-state index contributed by atoms with van der Waals surface area (Å²) in [5.74, 6) is 0.826. The van der Waals surface area contributed by atoms with E-state index in [9.17, 15) is 9.59 Å². The Balaban J connectivity index is 2.00. The van der Waals surface area contributed by atoms with Crippen molar-refractivity contribution in [2.75, 3.05) is 33.4 Å². The van der Waals surface area contributed by atoms with Gasteiger partial charge in [0.05, 0.1) is 11.0 Å². The van der Waals surface area contributed by atoms with Gasteiger partial charge in [0.2, 0.25) is 11.8 Å². The van der Waals surface area contributed by atoms with E-state index in [1.807, 2.05) is 28.8 Å². The lowest BCUT2D eigenvalue weighted by molar-refractivity contribution is -0.130. The number of nitrogens with zero attached hydrogens (tertiary/aromatic N) is 3. The molecule has 7 nitrogen and oxygen atoms in total. The number of para-hydroxylation sites is 2. The van der Waals surface area contributed by atoms with Crippen LogP contribution >= 0.6 is 0 Å². The van der Waals surface area contributed by atoms with Crippen LogP contribution in [0.15, 0.2) is 49.6 Å². The van der Waals surface area contributed by atoms with Crippen molar-refractivity contribution >= 4 is 22.8 Å². The van der Waals surface area contributed by atoms with Crippen molar-refractivity contribution in [2.45, 2.75) is 32.2 Å². The summed E-state index contributed by atoms with van der Waals surface area (Å²) in [6, 6.07) is 7.88. The summed E-state index contributed by atoms with van der Waals surface area (Å²) in [4.78, 5) is 30.7. The Hall–Kier alpha value is -2.93. The number of imidazole rings is 1. The number of carbonyl (C=O) groups excluding carboxylic acids is 2. The van der Waals surface area contributed by atoms with Crippen LogP contribution in [0.3, 0.4) is 0 Å². The Labute approximate surface area is 178 Å². The normalized spacial score (nSPS) is 10.7. The summed E-state index contributed by atoms with van der Waals surface area (Å²) in [5, 5.41) is 2.83. The van der Waals surface area contributed by atoms with Gasteiger partial charge < -0.3 is 19.5 Å². The molecule has 0 aliphatic carbocycles. The standard InChI is InChI=1S/C23H32N4O3/c1-4-15-26(16-5-2)23(29)17-27-20-12-9-8-11-19(20)25-21(27)13-7-6-10-14-24-22(28)18-30-3/h4-5,8-9,11-12H,1-2,6-7,10,13-18H2,3H3,(H,24,28). The first kappa shape index (κ1) is 23.3. The molecule has 1 heterocycles. The maximum absolute atomic E-state index is 12.8. The number of benzene rings is 1. The third-order valence-corrected chi connectivity index (χ3v) is 4.75. The second-order valence-electron chi connectivity index (χ2n) is 7.07. The highest BCUT2D eigenvalue weighted by Gasteiger charge is 2.17. The minimum absolute atomic E-state index is 0.0139. The number of carbonyl (C=O) groups is 2. The predicted molar refractivity (Wildman–Crippen MR) is 119 cm³/mol. The molecule has 0 bridgehead atoms. The predicted octanol–water partition coefficient (Wildman–Crippen LogP) is 2.71. The fourth-order valence-corrected chi connectivity index (χ4v) is 3.31. The van der Waals surface area contributed by atoms with E-state index in [0.717, 1.165) is 42.5 Å². The van der Waals surface area contributed by atoms with Gasteiger partial charge in [-0.2, -0.15) is 0 Å². The monoisotopic (exact) mass is 412 g/mol. The molecule has 162 valence electrons. The quantitative estimate of drug-likeness (QED) is 0.382. The minimum Gasteiger partial charge on any atom is -0.375 e. The number of fused-ring (bicyclic) bond motifs is 1. The Morgan fingerprint density at radius 2 is 1.90 bits per heavy atom. The second-order valence-corrected chi connectivity index (χ2v) is 7.07. The highest BCUT2D eigenvalue weighted by molar-refractivity contribution is 5.81. The Morgan fingerprint density at radius 3 is 2.60 bits per heavy atom. The van der Waals surface area contributed by atoms with Crippen molar-refractivity contribution in [2.24, 2.45) is 0 Å². The van der Waals surface area contributed by atoms with Crippen molar-refractivity contribution in [1.82, 2.24) is 19.8 Å². The van der Waals surface area contributed by atoms with Gasteiger partial charge in [0.15, 0.2) is 0 Å². The van der Waals surface area contributed by atoms with E-state index < -0.39 is 0 Å². The number of methoxy groups -OCH3 is 1.